The number of amides is 2. The van der Waals surface area contributed by atoms with Gasteiger partial charge in [0.1, 0.15) is 0 Å². The van der Waals surface area contributed by atoms with Crippen LogP contribution in [0.5, 0.6) is 0 Å². The maximum Gasteiger partial charge on any atom is 0.335 e. The molecule has 2 aromatic carbocycles. The van der Waals surface area contributed by atoms with Crippen molar-refractivity contribution in [3.05, 3.63) is 70.0 Å². The quantitative estimate of drug-likeness (QED) is 0.222. The highest BCUT2D eigenvalue weighted by molar-refractivity contribution is 6.00. The van der Waals surface area contributed by atoms with Gasteiger partial charge in [-0.25, -0.2) is 4.79 Å². The molecule has 1 saturated carbocycles. The summed E-state index contributed by atoms with van der Waals surface area (Å²) in [7, 11) is 4.28. The Bertz CT molecular complexity index is 2130. The van der Waals surface area contributed by atoms with Crippen LogP contribution in [0.2, 0.25) is 0 Å². The summed E-state index contributed by atoms with van der Waals surface area (Å²) in [5, 5.41) is 14.8. The van der Waals surface area contributed by atoms with Crippen LogP contribution in [0.3, 0.4) is 0 Å². The third kappa shape index (κ3) is 7.28. The number of hydrogen-bond acceptors (Lipinski definition) is 5. The zero-order valence-electron chi connectivity index (χ0n) is 33.2. The van der Waals surface area contributed by atoms with E-state index in [1.807, 2.05) is 23.1 Å². The van der Waals surface area contributed by atoms with E-state index in [1.165, 1.54) is 71.9 Å². The third-order valence-corrected chi connectivity index (χ3v) is 14.4. The molecule has 3 atom stereocenters. The van der Waals surface area contributed by atoms with Crippen LogP contribution in [0.25, 0.3) is 21.8 Å². The predicted octanol–water partition coefficient (Wildman–Crippen LogP) is 6.86. The van der Waals surface area contributed by atoms with Gasteiger partial charge in [-0.15, -0.1) is 0 Å². The van der Waals surface area contributed by atoms with Crippen molar-refractivity contribution < 1.29 is 29.0 Å². The molecular weight excluding hydrogens is 705 g/mol. The van der Waals surface area contributed by atoms with Gasteiger partial charge in [0.05, 0.1) is 11.5 Å². The van der Waals surface area contributed by atoms with Crippen LogP contribution in [0.4, 0.5) is 0 Å². The summed E-state index contributed by atoms with van der Waals surface area (Å²) < 4.78 is 15.7. The van der Waals surface area contributed by atoms with Gasteiger partial charge >= 0.3 is 5.97 Å². The zero-order chi connectivity index (χ0) is 38.5. The first-order valence-electron chi connectivity index (χ1n) is 21.4. The molecule has 2 unspecified atom stereocenters. The van der Waals surface area contributed by atoms with Gasteiger partial charge in [0.15, 0.2) is 0 Å². The maximum absolute atomic E-state index is 13.4. The lowest BCUT2D eigenvalue weighted by Crippen LogP contribution is -2.35. The average molecular weight is 763 g/mol. The fraction of sp³-hybridized carbons (Fsp3) is 0.587. The number of nitrogens with one attached hydrogen (secondary N) is 1. The minimum absolute atomic E-state index is 0.0630. The number of hydrogen-bond donors (Lipinski definition) is 2. The second kappa shape index (κ2) is 15.7. The molecule has 3 aliphatic carbocycles. The minimum atomic E-state index is -0.846. The lowest BCUT2D eigenvalue weighted by atomic mass is 9.75. The molecule has 5 heterocycles. The summed E-state index contributed by atoms with van der Waals surface area (Å²) in [5.41, 5.74) is 9.20. The number of carboxylic acid groups (broad SMARTS) is 1. The Hall–Kier alpha value is -4.15. The molecule has 2 N–H and O–H groups in total. The summed E-state index contributed by atoms with van der Waals surface area (Å²) in [6.07, 6.45) is 14.6. The molecule has 2 amide bonds. The fourth-order valence-electron chi connectivity index (χ4n) is 10.9. The number of carbonyl (C=O) groups is 3. The largest absolute Gasteiger partial charge is 0.478 e. The molecule has 10 rings (SSSR count). The van der Waals surface area contributed by atoms with Gasteiger partial charge in [0.25, 0.3) is 5.91 Å². The van der Waals surface area contributed by atoms with E-state index in [1.54, 1.807) is 6.07 Å². The van der Waals surface area contributed by atoms with E-state index in [-0.39, 0.29) is 17.7 Å². The molecule has 3 aliphatic heterocycles. The van der Waals surface area contributed by atoms with Crippen molar-refractivity contribution in [2.75, 3.05) is 39.5 Å². The number of benzene rings is 2. The Kier molecular flexibility index (Phi) is 10.5. The van der Waals surface area contributed by atoms with Gasteiger partial charge in [0, 0.05) is 98.4 Å². The lowest BCUT2D eigenvalue weighted by molar-refractivity contribution is -0.124. The lowest BCUT2D eigenvalue weighted by Gasteiger charge is -2.33. The van der Waals surface area contributed by atoms with Crippen molar-refractivity contribution >= 4 is 39.6 Å². The molecule has 0 bridgehead atoms. The van der Waals surface area contributed by atoms with Crippen molar-refractivity contribution in [3.63, 3.8) is 0 Å². The monoisotopic (exact) mass is 762 g/mol. The number of carboxylic acids is 1. The number of fused-ring (bicyclic) bond motifs is 6. The number of ether oxygens (including phenoxy) is 2. The highest BCUT2D eigenvalue weighted by Gasteiger charge is 2.36. The molecule has 56 heavy (non-hydrogen) atoms. The first-order valence-corrected chi connectivity index (χ1v) is 21.4. The second-order valence-corrected chi connectivity index (χ2v) is 17.7. The van der Waals surface area contributed by atoms with Crippen molar-refractivity contribution in [1.29, 1.82) is 0 Å². The van der Waals surface area contributed by atoms with Crippen LogP contribution < -0.4 is 5.32 Å². The van der Waals surface area contributed by atoms with E-state index in [0.717, 1.165) is 106 Å². The molecular formula is C46H58N4O6. The number of rotatable bonds is 6. The van der Waals surface area contributed by atoms with E-state index in [9.17, 15) is 19.5 Å². The number of carbonyl (C=O) groups excluding carboxylic acids is 2. The van der Waals surface area contributed by atoms with E-state index < -0.39 is 5.97 Å². The maximum atomic E-state index is 13.4. The Morgan fingerprint density at radius 3 is 1.70 bits per heavy atom. The van der Waals surface area contributed by atoms with Gasteiger partial charge in [-0.3, -0.25) is 9.59 Å². The molecule has 4 aromatic rings. The van der Waals surface area contributed by atoms with Gasteiger partial charge in [-0.1, -0.05) is 0 Å². The molecule has 2 aromatic heterocycles. The highest BCUT2D eigenvalue weighted by Crippen LogP contribution is 2.41. The smallest absolute Gasteiger partial charge is 0.335 e. The van der Waals surface area contributed by atoms with Gasteiger partial charge in [-0.05, 0) is 155 Å². The first kappa shape index (κ1) is 37.4. The SMILES string of the molecule is Cn1c2c(c3cc(C(=O)N4CC[C@H](C(=O)NC5CC5)C4)ccc31)CC(C1CCOCC1)CC2.Cn1c2c(c3cc(C(=O)O)ccc31)CC(C1CCOCC1)CC2. The van der Waals surface area contributed by atoms with E-state index >= 15 is 0 Å². The molecule has 298 valence electrons. The van der Waals surface area contributed by atoms with Crippen LogP contribution in [-0.4, -0.2) is 82.5 Å². The van der Waals surface area contributed by atoms with Gasteiger partial charge in [0.2, 0.25) is 5.91 Å². The normalized spacial score (nSPS) is 24.4. The van der Waals surface area contributed by atoms with E-state index in [4.69, 9.17) is 9.47 Å². The van der Waals surface area contributed by atoms with Crippen LogP contribution >= 0.6 is 0 Å². The number of aryl methyl sites for hydroxylation is 2. The van der Waals surface area contributed by atoms with Crippen molar-refractivity contribution in [3.8, 4) is 0 Å². The Labute approximate surface area is 329 Å². The van der Waals surface area contributed by atoms with Crippen LogP contribution in [0.1, 0.15) is 101 Å². The molecule has 3 saturated heterocycles. The number of aromatic nitrogens is 2. The summed E-state index contributed by atoms with van der Waals surface area (Å²) in [6, 6.07) is 12.1. The summed E-state index contributed by atoms with van der Waals surface area (Å²) in [6.45, 7) is 4.79. The summed E-state index contributed by atoms with van der Waals surface area (Å²) in [5.74, 6) is 2.23. The van der Waals surface area contributed by atoms with Crippen LogP contribution in [0, 0.1) is 29.6 Å². The summed E-state index contributed by atoms with van der Waals surface area (Å²) in [4.78, 5) is 39.0. The van der Waals surface area contributed by atoms with Gasteiger partial charge < -0.3 is 33.9 Å². The molecule has 4 fully saturated rings. The molecule has 0 radical (unpaired) electrons. The van der Waals surface area contributed by atoms with E-state index in [0.29, 0.717) is 30.6 Å². The Balaban J connectivity index is 0.000000156. The first-order chi connectivity index (χ1) is 27.2. The van der Waals surface area contributed by atoms with Crippen LogP contribution in [0.15, 0.2) is 36.4 Å². The zero-order valence-corrected chi connectivity index (χ0v) is 33.2. The van der Waals surface area contributed by atoms with Crippen molar-refractivity contribution in [2.24, 2.45) is 43.7 Å². The van der Waals surface area contributed by atoms with Crippen LogP contribution in [-0.2, 0) is 54.0 Å². The standard InChI is InChI=1S/C27H35N3O3.C19H23NO3/c1-29-24-6-2-18(17-9-12-33-13-10-17)14-22(24)23-15-19(3-7-25(23)29)27(32)30-11-8-20(16-30)26(31)28-21-4-5-21;1-20-17-4-2-13(12-6-8-23-9-7-12)10-15(17)16-11-14(19(21)22)3-5-18(16)20/h3,7,15,17-18,20-21H,2,4-6,8-14,16H2,1H3,(H,28,31);3,5,11-13H,2,4,6-10H2,1H3,(H,21,22)/t18?,20-;/m0./s1. The van der Waals surface area contributed by atoms with Crippen molar-refractivity contribution in [2.45, 2.75) is 89.5 Å². The fourth-order valence-corrected chi connectivity index (χ4v) is 10.9. The number of nitrogens with zero attached hydrogens (tertiary/aromatic N) is 3. The topological polar surface area (TPSA) is 115 Å². The molecule has 10 heteroatoms. The second-order valence-electron chi connectivity index (χ2n) is 17.7. The molecule has 0 spiro atoms. The highest BCUT2D eigenvalue weighted by atomic mass is 16.5. The van der Waals surface area contributed by atoms with E-state index in [2.05, 4.69) is 40.7 Å². The number of likely N-dealkylation sites (tertiary alicyclic amines) is 1. The third-order valence-electron chi connectivity index (χ3n) is 14.4. The number of aromatic carboxylic acids is 1. The Morgan fingerprint density at radius 2 is 1.18 bits per heavy atom. The summed E-state index contributed by atoms with van der Waals surface area (Å²) >= 11 is 0. The minimum Gasteiger partial charge on any atom is -0.478 e. The molecule has 6 aliphatic rings. The average Bonchev–Trinajstić information content (AvgIpc) is 3.72. The molecule has 10 nitrogen and oxygen atoms in total. The Morgan fingerprint density at radius 1 is 0.661 bits per heavy atom. The van der Waals surface area contributed by atoms with Gasteiger partial charge in [-0.2, -0.15) is 0 Å². The predicted molar refractivity (Wildman–Crippen MR) is 216 cm³/mol. The van der Waals surface area contributed by atoms with Crippen molar-refractivity contribution in [1.82, 2.24) is 19.4 Å².